The van der Waals surface area contributed by atoms with E-state index < -0.39 is 10.0 Å². The molecular formula is C25H29Cl2N9O3S. The minimum absolute atomic E-state index is 0.0443. The molecule has 0 spiro atoms. The number of hydrogen-bond acceptors (Lipinski definition) is 9. The third-order valence-electron chi connectivity index (χ3n) is 7.49. The Bertz CT molecular complexity index is 1570. The quantitative estimate of drug-likeness (QED) is 0.362. The van der Waals surface area contributed by atoms with Gasteiger partial charge >= 0.3 is 0 Å². The van der Waals surface area contributed by atoms with Crippen molar-refractivity contribution in [1.82, 2.24) is 23.8 Å². The van der Waals surface area contributed by atoms with Crippen molar-refractivity contribution in [1.29, 1.82) is 5.26 Å². The first kappa shape index (κ1) is 28.4. The maximum Gasteiger partial charge on any atom is 0.225 e. The zero-order chi connectivity index (χ0) is 28.6. The van der Waals surface area contributed by atoms with Crippen molar-refractivity contribution >= 4 is 67.9 Å². The van der Waals surface area contributed by atoms with Crippen molar-refractivity contribution in [2.45, 2.75) is 50.6 Å². The number of anilines is 3. The topological polar surface area (TPSA) is 172 Å². The Balaban J connectivity index is 1.50. The number of nitriles is 1. The van der Waals surface area contributed by atoms with Crippen LogP contribution in [0.5, 0.6) is 0 Å². The van der Waals surface area contributed by atoms with Crippen molar-refractivity contribution in [2.75, 3.05) is 30.0 Å². The molecule has 2 fully saturated rings. The van der Waals surface area contributed by atoms with Gasteiger partial charge in [-0.3, -0.25) is 9.36 Å². The number of nitrogens with two attached hydrogens (primary N) is 1. The van der Waals surface area contributed by atoms with Crippen LogP contribution in [0.25, 0.3) is 11.2 Å². The van der Waals surface area contributed by atoms with Gasteiger partial charge in [-0.15, -0.1) is 0 Å². The Morgan fingerprint density at radius 3 is 2.48 bits per heavy atom. The molecule has 1 aliphatic carbocycles. The van der Waals surface area contributed by atoms with Gasteiger partial charge in [0, 0.05) is 31.1 Å². The van der Waals surface area contributed by atoms with Crippen molar-refractivity contribution in [2.24, 2.45) is 11.7 Å². The minimum Gasteiger partial charge on any atom is -0.369 e. The molecule has 0 bridgehead atoms. The molecule has 12 nitrogen and oxygen atoms in total. The summed E-state index contributed by atoms with van der Waals surface area (Å²) in [5.74, 6) is 0.327. The highest BCUT2D eigenvalue weighted by molar-refractivity contribution is 7.88. The van der Waals surface area contributed by atoms with Crippen LogP contribution in [0, 0.1) is 17.2 Å². The minimum atomic E-state index is -3.30. The number of nitrogens with zero attached hydrogens (tertiary/aromatic N) is 6. The van der Waals surface area contributed by atoms with Crippen LogP contribution in [0.4, 0.5) is 17.6 Å². The number of nitrogens with one attached hydrogen (secondary N) is 2. The molecule has 1 saturated heterocycles. The lowest BCUT2D eigenvalue weighted by atomic mass is 9.85. The number of fused-ring (bicyclic) bond motifs is 1. The summed E-state index contributed by atoms with van der Waals surface area (Å²) in [6, 6.07) is 4.89. The third kappa shape index (κ3) is 5.95. The smallest absolute Gasteiger partial charge is 0.225 e. The zero-order valence-corrected chi connectivity index (χ0v) is 24.1. The largest absolute Gasteiger partial charge is 0.369 e. The van der Waals surface area contributed by atoms with Crippen LogP contribution in [-0.4, -0.2) is 63.5 Å². The van der Waals surface area contributed by atoms with Gasteiger partial charge in [0.1, 0.15) is 5.52 Å². The molecule has 1 atom stereocenters. The van der Waals surface area contributed by atoms with Gasteiger partial charge in [-0.25, -0.2) is 22.7 Å². The lowest BCUT2D eigenvalue weighted by Crippen LogP contribution is -2.44. The summed E-state index contributed by atoms with van der Waals surface area (Å²) in [5, 5.41) is 16.3. The van der Waals surface area contributed by atoms with E-state index in [1.165, 1.54) is 22.7 Å². The molecular weight excluding hydrogens is 577 g/mol. The summed E-state index contributed by atoms with van der Waals surface area (Å²) in [4.78, 5) is 25.7. The van der Waals surface area contributed by atoms with Gasteiger partial charge < -0.3 is 16.4 Å². The molecule has 1 amide bonds. The van der Waals surface area contributed by atoms with Gasteiger partial charge in [-0.1, -0.05) is 23.2 Å². The number of imidazole rings is 1. The molecule has 3 aromatic rings. The summed E-state index contributed by atoms with van der Waals surface area (Å²) in [7, 11) is -3.30. The SMILES string of the molecule is CS(=O)(=O)N1CCC[C@@H](Nc2ncc3nc(Nc4c(Cl)cc(C#N)cc4Cl)n(C4CCC(C(N)=O)CC4)c3n2)C1. The molecule has 0 unspecified atom stereocenters. The summed E-state index contributed by atoms with van der Waals surface area (Å²) >= 11 is 12.9. The fourth-order valence-electron chi connectivity index (χ4n) is 5.43. The van der Waals surface area contributed by atoms with E-state index >= 15 is 0 Å². The van der Waals surface area contributed by atoms with Crippen LogP contribution in [0.15, 0.2) is 18.3 Å². The van der Waals surface area contributed by atoms with Crippen LogP contribution in [0.2, 0.25) is 10.0 Å². The van der Waals surface area contributed by atoms with Crippen LogP contribution in [-0.2, 0) is 14.8 Å². The monoisotopic (exact) mass is 605 g/mol. The van der Waals surface area contributed by atoms with E-state index in [-0.39, 0.29) is 34.0 Å². The maximum atomic E-state index is 12.1. The zero-order valence-electron chi connectivity index (χ0n) is 21.8. The van der Waals surface area contributed by atoms with Gasteiger partial charge in [0.05, 0.1) is 39.8 Å². The van der Waals surface area contributed by atoms with E-state index in [0.29, 0.717) is 73.1 Å². The van der Waals surface area contributed by atoms with E-state index in [0.717, 1.165) is 12.8 Å². The molecule has 1 aromatic carbocycles. The van der Waals surface area contributed by atoms with E-state index in [2.05, 4.69) is 15.6 Å². The number of rotatable bonds is 7. The average Bonchev–Trinajstić information content (AvgIpc) is 3.27. The van der Waals surface area contributed by atoms with Crippen LogP contribution < -0.4 is 16.4 Å². The molecule has 4 N–H and O–H groups in total. The van der Waals surface area contributed by atoms with E-state index in [4.69, 9.17) is 38.9 Å². The molecule has 15 heteroatoms. The van der Waals surface area contributed by atoms with E-state index in [1.807, 2.05) is 10.6 Å². The lowest BCUT2D eigenvalue weighted by molar-refractivity contribution is -0.122. The second kappa shape index (κ2) is 11.4. The predicted octanol–water partition coefficient (Wildman–Crippen LogP) is 3.80. The number of piperidine rings is 1. The van der Waals surface area contributed by atoms with Crippen molar-refractivity contribution in [3.8, 4) is 6.07 Å². The first-order valence-corrected chi connectivity index (χ1v) is 15.6. The number of carbonyl (C=O) groups is 1. The van der Waals surface area contributed by atoms with Gasteiger partial charge in [0.25, 0.3) is 0 Å². The Morgan fingerprint density at radius 1 is 1.15 bits per heavy atom. The Morgan fingerprint density at radius 2 is 1.85 bits per heavy atom. The number of primary amides is 1. The van der Waals surface area contributed by atoms with E-state index in [1.54, 1.807) is 6.20 Å². The number of halogens is 2. The number of aromatic nitrogens is 4. The summed E-state index contributed by atoms with van der Waals surface area (Å²) < 4.78 is 27.6. The molecule has 40 heavy (non-hydrogen) atoms. The first-order chi connectivity index (χ1) is 19.0. The third-order valence-corrected chi connectivity index (χ3v) is 9.36. The second-order valence-electron chi connectivity index (χ2n) is 10.3. The molecule has 0 radical (unpaired) electrons. The van der Waals surface area contributed by atoms with Gasteiger partial charge in [0.2, 0.25) is 27.8 Å². The lowest BCUT2D eigenvalue weighted by Gasteiger charge is -2.31. The summed E-state index contributed by atoms with van der Waals surface area (Å²) in [6.07, 6.45) is 6.97. The number of amides is 1. The van der Waals surface area contributed by atoms with Crippen LogP contribution in [0.1, 0.15) is 50.1 Å². The maximum absolute atomic E-state index is 12.1. The number of hydrogen-bond donors (Lipinski definition) is 3. The Hall–Kier alpha value is -3.18. The number of carbonyl (C=O) groups excluding carboxylic acids is 1. The van der Waals surface area contributed by atoms with E-state index in [9.17, 15) is 18.5 Å². The first-order valence-electron chi connectivity index (χ1n) is 13.0. The molecule has 1 aliphatic heterocycles. The standard InChI is InChI=1S/C25H29Cl2N9O3S/c1-40(38,39)35-8-2-3-16(13-35)31-24-30-12-20-23(34-24)36(17-6-4-15(5-7-17)22(29)37)25(32-20)33-21-18(26)9-14(11-28)10-19(21)27/h9-10,12,15-17H,2-8,13H2,1H3,(H2,29,37)(H,32,33)(H,30,31,34)/t15?,16-,17?/m1/s1. The van der Waals surface area contributed by atoms with Crippen molar-refractivity contribution in [3.63, 3.8) is 0 Å². The van der Waals surface area contributed by atoms with Crippen molar-refractivity contribution < 1.29 is 13.2 Å². The highest BCUT2D eigenvalue weighted by atomic mass is 35.5. The Kier molecular flexibility index (Phi) is 8.05. The van der Waals surface area contributed by atoms with Crippen molar-refractivity contribution in [3.05, 3.63) is 33.9 Å². The highest BCUT2D eigenvalue weighted by Crippen LogP contribution is 2.39. The molecule has 1 saturated carbocycles. The molecule has 2 aromatic heterocycles. The van der Waals surface area contributed by atoms with Crippen LogP contribution in [0.3, 0.4) is 0 Å². The fourth-order valence-corrected chi connectivity index (χ4v) is 6.92. The highest BCUT2D eigenvalue weighted by Gasteiger charge is 2.30. The number of benzene rings is 1. The average molecular weight is 607 g/mol. The number of sulfonamides is 1. The van der Waals surface area contributed by atoms with Gasteiger partial charge in [0.15, 0.2) is 5.65 Å². The fraction of sp³-hybridized carbons (Fsp3) is 0.480. The van der Waals surface area contributed by atoms with Gasteiger partial charge in [-0.2, -0.15) is 10.2 Å². The second-order valence-corrected chi connectivity index (χ2v) is 13.1. The van der Waals surface area contributed by atoms with Gasteiger partial charge in [-0.05, 0) is 50.7 Å². The summed E-state index contributed by atoms with van der Waals surface area (Å²) in [5.41, 5.74) is 7.40. The Labute approximate surface area is 241 Å². The normalized spacial score (nSPS) is 22.1. The summed E-state index contributed by atoms with van der Waals surface area (Å²) in [6.45, 7) is 0.826. The molecule has 2 aliphatic rings. The molecule has 212 valence electrons. The molecule has 5 rings (SSSR count). The van der Waals surface area contributed by atoms with Crippen LogP contribution >= 0.6 is 23.2 Å². The predicted molar refractivity (Wildman–Crippen MR) is 153 cm³/mol. The molecule has 3 heterocycles.